The Morgan fingerprint density at radius 3 is 2.70 bits per heavy atom. The van der Waals surface area contributed by atoms with Crippen LogP contribution in [0.3, 0.4) is 0 Å². The number of hydrogen-bond donors (Lipinski definition) is 2. The molecule has 0 bridgehead atoms. The maximum absolute atomic E-state index is 11.7. The number of ether oxygens (including phenoxy) is 2. The Morgan fingerprint density at radius 2 is 2.00 bits per heavy atom. The molecule has 0 amide bonds. The number of aliphatic hydroxyl groups is 1. The van der Waals surface area contributed by atoms with E-state index in [0.29, 0.717) is 16.8 Å². The monoisotopic (exact) mass is 368 g/mol. The molecule has 0 spiro atoms. The van der Waals surface area contributed by atoms with Crippen LogP contribution in [0.2, 0.25) is 0 Å². The van der Waals surface area contributed by atoms with Gasteiger partial charge in [0.05, 0.1) is 37.3 Å². The summed E-state index contributed by atoms with van der Waals surface area (Å²) in [4.78, 5) is 19.7. The summed E-state index contributed by atoms with van der Waals surface area (Å²) in [7, 11) is 1.56. The van der Waals surface area contributed by atoms with Gasteiger partial charge in [-0.2, -0.15) is 0 Å². The van der Waals surface area contributed by atoms with Gasteiger partial charge in [0.25, 0.3) is 0 Å². The summed E-state index contributed by atoms with van der Waals surface area (Å²) in [6.07, 6.45) is 0.474. The summed E-state index contributed by atoms with van der Waals surface area (Å²) in [5.74, 6) is 0.978. The molecule has 0 aliphatic rings. The first-order valence-corrected chi connectivity index (χ1v) is 9.04. The van der Waals surface area contributed by atoms with Crippen molar-refractivity contribution in [1.29, 1.82) is 0 Å². The van der Waals surface area contributed by atoms with E-state index >= 15 is 0 Å². The lowest BCUT2D eigenvalue weighted by atomic mass is 10.0. The van der Waals surface area contributed by atoms with Gasteiger partial charge in [-0.3, -0.25) is 4.79 Å². The lowest BCUT2D eigenvalue weighted by molar-refractivity contribution is -0.145. The van der Waals surface area contributed by atoms with Crippen LogP contribution in [0.1, 0.15) is 36.4 Å². The lowest BCUT2D eigenvalue weighted by Crippen LogP contribution is -2.10. The molecule has 6 nitrogen and oxygen atoms in total. The summed E-state index contributed by atoms with van der Waals surface area (Å²) in [5, 5.41) is 10.5. The number of H-pyrrole nitrogens is 1. The Bertz CT molecular complexity index is 905. The van der Waals surface area contributed by atoms with Crippen LogP contribution < -0.4 is 4.74 Å². The highest BCUT2D eigenvalue weighted by atomic mass is 16.5. The first kappa shape index (κ1) is 18.9. The average Bonchev–Trinajstić information content (AvgIpc) is 3.09. The second kappa shape index (κ2) is 8.68. The molecule has 2 aromatic carbocycles. The summed E-state index contributed by atoms with van der Waals surface area (Å²) >= 11 is 0. The van der Waals surface area contributed by atoms with Crippen LogP contribution in [0.4, 0.5) is 0 Å². The number of carbonyl (C=O) groups is 1. The zero-order valence-electron chi connectivity index (χ0n) is 15.6. The molecule has 3 rings (SSSR count). The van der Waals surface area contributed by atoms with Crippen molar-refractivity contribution in [1.82, 2.24) is 9.97 Å². The van der Waals surface area contributed by atoms with Crippen molar-refractivity contribution >= 4 is 17.0 Å². The number of aliphatic hydroxyl groups excluding tert-OH is 1. The zero-order chi connectivity index (χ0) is 19.2. The third-order valence-corrected chi connectivity index (χ3v) is 4.39. The molecule has 142 valence electrons. The van der Waals surface area contributed by atoms with E-state index in [1.54, 1.807) is 20.1 Å². The molecule has 1 aromatic heterocycles. The molecule has 0 aliphatic carbocycles. The summed E-state index contributed by atoms with van der Waals surface area (Å²) in [6, 6.07) is 13.8. The third-order valence-electron chi connectivity index (χ3n) is 4.39. The van der Waals surface area contributed by atoms with Crippen LogP contribution in [-0.4, -0.2) is 34.8 Å². The van der Waals surface area contributed by atoms with Crippen molar-refractivity contribution in [2.45, 2.75) is 32.3 Å². The number of aromatic nitrogens is 2. The quantitative estimate of drug-likeness (QED) is 0.596. The van der Waals surface area contributed by atoms with Crippen LogP contribution >= 0.6 is 0 Å². The average molecular weight is 368 g/mol. The predicted molar refractivity (Wildman–Crippen MR) is 103 cm³/mol. The number of methoxy groups -OCH3 is 1. The first-order chi connectivity index (χ1) is 13.1. The van der Waals surface area contributed by atoms with Crippen molar-refractivity contribution in [2.75, 3.05) is 13.7 Å². The highest BCUT2D eigenvalue weighted by molar-refractivity contribution is 5.82. The van der Waals surface area contributed by atoms with Crippen LogP contribution in [0, 0.1) is 0 Å². The number of fused-ring (bicyclic) bond motifs is 1. The fraction of sp³-hybridized carbons (Fsp3) is 0.333. The predicted octanol–water partition coefficient (Wildman–Crippen LogP) is 3.34. The van der Waals surface area contributed by atoms with Gasteiger partial charge in [0.2, 0.25) is 0 Å². The Labute approximate surface area is 158 Å². The van der Waals surface area contributed by atoms with Crippen LogP contribution in [-0.2, 0) is 22.4 Å². The Hall–Kier alpha value is -2.86. The molecule has 1 heterocycles. The van der Waals surface area contributed by atoms with Crippen molar-refractivity contribution in [3.05, 3.63) is 59.4 Å². The molecular formula is C21H24N2O4. The van der Waals surface area contributed by atoms with Gasteiger partial charge in [-0.1, -0.05) is 30.3 Å². The van der Waals surface area contributed by atoms with Crippen LogP contribution in [0.25, 0.3) is 11.0 Å². The molecule has 2 N–H and O–H groups in total. The standard InChI is InChI=1S/C21H24N2O4/c1-3-27-20(25)13-18(24)16-11-15(26-2)12-17-21(16)23-19(22-17)10-9-14-7-5-4-6-8-14/h4-8,11-12,18,24H,3,9-10,13H2,1-2H3,(H,22,23). The molecule has 3 aromatic rings. The normalized spacial score (nSPS) is 12.1. The van der Waals surface area contributed by atoms with E-state index in [9.17, 15) is 9.90 Å². The molecule has 0 aliphatic heterocycles. The maximum atomic E-state index is 11.7. The molecule has 0 fully saturated rings. The lowest BCUT2D eigenvalue weighted by Gasteiger charge is -2.12. The second-order valence-corrected chi connectivity index (χ2v) is 6.31. The Morgan fingerprint density at radius 1 is 1.22 bits per heavy atom. The minimum absolute atomic E-state index is 0.123. The molecule has 0 saturated heterocycles. The number of carbonyl (C=O) groups excluding carboxylic acids is 1. The highest BCUT2D eigenvalue weighted by Crippen LogP contribution is 2.30. The molecule has 6 heteroatoms. The van der Waals surface area contributed by atoms with E-state index in [2.05, 4.69) is 22.1 Å². The van der Waals surface area contributed by atoms with Gasteiger partial charge in [0.15, 0.2) is 0 Å². The van der Waals surface area contributed by atoms with Crippen LogP contribution in [0.15, 0.2) is 42.5 Å². The van der Waals surface area contributed by atoms with Gasteiger partial charge >= 0.3 is 5.97 Å². The van der Waals surface area contributed by atoms with Gasteiger partial charge in [0, 0.05) is 18.1 Å². The van der Waals surface area contributed by atoms with E-state index in [1.165, 1.54) is 5.56 Å². The van der Waals surface area contributed by atoms with Crippen molar-refractivity contribution < 1.29 is 19.4 Å². The van der Waals surface area contributed by atoms with Crippen molar-refractivity contribution in [2.24, 2.45) is 0 Å². The van der Waals surface area contributed by atoms with Gasteiger partial charge in [0.1, 0.15) is 11.6 Å². The van der Waals surface area contributed by atoms with Crippen LogP contribution in [0.5, 0.6) is 5.75 Å². The highest BCUT2D eigenvalue weighted by Gasteiger charge is 2.20. The van der Waals surface area contributed by atoms with Gasteiger partial charge in [-0.05, 0) is 25.0 Å². The minimum Gasteiger partial charge on any atom is -0.497 e. The number of aromatic amines is 1. The van der Waals surface area contributed by atoms with E-state index in [4.69, 9.17) is 9.47 Å². The molecule has 0 radical (unpaired) electrons. The fourth-order valence-electron chi connectivity index (χ4n) is 3.05. The number of rotatable bonds is 8. The number of nitrogens with zero attached hydrogens (tertiary/aromatic N) is 1. The fourth-order valence-corrected chi connectivity index (χ4v) is 3.05. The Balaban J connectivity index is 1.86. The Kier molecular flexibility index (Phi) is 6.08. The molecule has 1 unspecified atom stereocenters. The summed E-state index contributed by atoms with van der Waals surface area (Å²) < 4.78 is 10.3. The van der Waals surface area contributed by atoms with E-state index in [-0.39, 0.29) is 13.0 Å². The van der Waals surface area contributed by atoms with Crippen molar-refractivity contribution in [3.8, 4) is 5.75 Å². The maximum Gasteiger partial charge on any atom is 0.308 e. The topological polar surface area (TPSA) is 84.4 Å². The number of benzene rings is 2. The molecule has 1 atom stereocenters. The number of hydrogen-bond acceptors (Lipinski definition) is 5. The second-order valence-electron chi connectivity index (χ2n) is 6.31. The van der Waals surface area contributed by atoms with Gasteiger partial charge in [-0.25, -0.2) is 4.98 Å². The zero-order valence-corrected chi connectivity index (χ0v) is 15.6. The molecular weight excluding hydrogens is 344 g/mol. The van der Waals surface area contributed by atoms with Crippen molar-refractivity contribution in [3.63, 3.8) is 0 Å². The van der Waals surface area contributed by atoms with Gasteiger partial charge < -0.3 is 19.6 Å². The first-order valence-electron chi connectivity index (χ1n) is 9.04. The number of aryl methyl sites for hydroxylation is 2. The third kappa shape index (κ3) is 4.65. The largest absolute Gasteiger partial charge is 0.497 e. The van der Waals surface area contributed by atoms with E-state index < -0.39 is 12.1 Å². The van der Waals surface area contributed by atoms with Gasteiger partial charge in [-0.15, -0.1) is 0 Å². The SMILES string of the molecule is CCOC(=O)CC(O)c1cc(OC)cc2[nH]c(CCc3ccccc3)nc12. The summed E-state index contributed by atoms with van der Waals surface area (Å²) in [6.45, 7) is 2.02. The van der Waals surface area contributed by atoms with E-state index in [1.807, 2.05) is 24.3 Å². The molecule has 0 saturated carbocycles. The van der Waals surface area contributed by atoms with E-state index in [0.717, 1.165) is 24.2 Å². The number of imidazole rings is 1. The minimum atomic E-state index is -1.01. The smallest absolute Gasteiger partial charge is 0.308 e. The number of nitrogens with one attached hydrogen (secondary N) is 1. The summed E-state index contributed by atoms with van der Waals surface area (Å²) in [5.41, 5.74) is 3.21. The number of esters is 1. The molecule has 27 heavy (non-hydrogen) atoms.